The molecule has 1 aliphatic carbocycles. The molecule has 0 bridgehead atoms. The number of hydrogen-bond acceptors (Lipinski definition) is 16. The normalized spacial score (nSPS) is 30.8. The second kappa shape index (κ2) is 17.3. The molecule has 1 saturated carbocycles. The van der Waals surface area contributed by atoms with E-state index in [-0.39, 0.29) is 12.2 Å². The lowest BCUT2D eigenvalue weighted by Gasteiger charge is -2.49. The summed E-state index contributed by atoms with van der Waals surface area (Å²) in [5.41, 5.74) is -4.77. The van der Waals surface area contributed by atoms with Crippen LogP contribution in [0.1, 0.15) is 61.8 Å². The van der Waals surface area contributed by atoms with Gasteiger partial charge in [0.25, 0.3) is 8.32 Å². The highest BCUT2D eigenvalue weighted by molar-refractivity contribution is 6.99. The highest BCUT2D eigenvalue weighted by atomic mass is 28.4. The van der Waals surface area contributed by atoms with Crippen molar-refractivity contribution in [3.63, 3.8) is 0 Å². The summed E-state index contributed by atoms with van der Waals surface area (Å²) in [6.07, 6.45) is -10.3. The molecule has 17 heteroatoms. The summed E-state index contributed by atoms with van der Waals surface area (Å²) < 4.78 is 53.4. The smallest absolute Gasteiger partial charge is 0.339 e. The number of benzene rings is 2. The first kappa shape index (κ1) is 44.4. The molecule has 0 radical (unpaired) electrons. The molecule has 2 heterocycles. The molecule has 16 nitrogen and oxygen atoms in total. The SMILES string of the molecule is COC(=O)C1=CO[C@@H](O[C@H]2O[C@@H](CO[Si](c3ccccc3)(c3ccccc3)C(C)(C)C)[C@H](OC(C)=O)[C@@H](OC(C)=O)[C@@H]2OC(C)=O)[C@@H]2[C@@](C)(O)[C@@H](OC(C)=O)C[C@]12O. The number of hydrogen-bond donors (Lipinski definition) is 2. The number of carbonyl (C=O) groups excluding carboxylic acids is 5. The molecule has 0 unspecified atom stereocenters. The van der Waals surface area contributed by atoms with Crippen LogP contribution in [0.2, 0.25) is 5.04 Å². The van der Waals surface area contributed by atoms with Gasteiger partial charge in [0, 0.05) is 34.1 Å². The second-order valence-electron chi connectivity index (χ2n) is 15.8. The molecule has 2 aromatic carbocycles. The van der Waals surface area contributed by atoms with E-state index in [9.17, 15) is 34.2 Å². The molecular weight excluding hydrogens is 777 g/mol. The third kappa shape index (κ3) is 8.70. The van der Waals surface area contributed by atoms with Gasteiger partial charge in [-0.1, -0.05) is 81.4 Å². The van der Waals surface area contributed by atoms with E-state index in [1.54, 1.807) is 0 Å². The van der Waals surface area contributed by atoms with E-state index in [1.807, 2.05) is 60.7 Å². The van der Waals surface area contributed by atoms with Crippen molar-refractivity contribution >= 4 is 48.5 Å². The van der Waals surface area contributed by atoms with Crippen LogP contribution >= 0.6 is 0 Å². The largest absolute Gasteiger partial charge is 0.471 e. The average Bonchev–Trinajstić information content (AvgIpc) is 3.34. The molecule has 2 fully saturated rings. The molecule has 0 spiro atoms. The Kier molecular flexibility index (Phi) is 13.2. The van der Waals surface area contributed by atoms with E-state index in [0.717, 1.165) is 51.4 Å². The molecule has 3 aliphatic rings. The first-order valence-electron chi connectivity index (χ1n) is 18.8. The molecular formula is C41H52O16Si. The van der Waals surface area contributed by atoms with Gasteiger partial charge in [0.1, 0.15) is 29.0 Å². The number of carbonyl (C=O) groups is 5. The Labute approximate surface area is 337 Å². The molecule has 2 aliphatic heterocycles. The Balaban J connectivity index is 1.63. The number of rotatable bonds is 12. The minimum absolute atomic E-state index is 0.285. The molecule has 5 rings (SSSR count). The zero-order valence-electron chi connectivity index (χ0n) is 34.0. The van der Waals surface area contributed by atoms with E-state index in [4.69, 9.17) is 42.3 Å². The van der Waals surface area contributed by atoms with Gasteiger partial charge in [-0.15, -0.1) is 0 Å². The Hall–Kier alpha value is -4.65. The molecule has 1 saturated heterocycles. The number of fused-ring (bicyclic) bond motifs is 1. The third-order valence-corrected chi connectivity index (χ3v) is 15.7. The zero-order chi connectivity index (χ0) is 42.8. The first-order chi connectivity index (χ1) is 27.2. The highest BCUT2D eigenvalue weighted by Gasteiger charge is 2.69. The van der Waals surface area contributed by atoms with Crippen LogP contribution in [0.15, 0.2) is 72.5 Å². The van der Waals surface area contributed by atoms with Crippen molar-refractivity contribution in [1.82, 2.24) is 0 Å². The van der Waals surface area contributed by atoms with Crippen LogP contribution in [0.4, 0.5) is 0 Å². The molecule has 0 aromatic heterocycles. The molecule has 316 valence electrons. The van der Waals surface area contributed by atoms with E-state index in [2.05, 4.69) is 20.8 Å². The molecule has 0 amide bonds. The van der Waals surface area contributed by atoms with E-state index < -0.39 is 110 Å². The summed E-state index contributed by atoms with van der Waals surface area (Å²) in [6.45, 7) is 11.6. The predicted molar refractivity (Wildman–Crippen MR) is 204 cm³/mol. The van der Waals surface area contributed by atoms with Crippen molar-refractivity contribution in [3.8, 4) is 0 Å². The van der Waals surface area contributed by atoms with Gasteiger partial charge in [0.2, 0.25) is 12.6 Å². The summed E-state index contributed by atoms with van der Waals surface area (Å²) in [7, 11) is -2.21. The monoisotopic (exact) mass is 828 g/mol. The summed E-state index contributed by atoms with van der Waals surface area (Å²) >= 11 is 0. The summed E-state index contributed by atoms with van der Waals surface area (Å²) in [5, 5.41) is 25.4. The van der Waals surface area contributed by atoms with Gasteiger partial charge >= 0.3 is 29.8 Å². The Morgan fingerprint density at radius 1 is 0.759 bits per heavy atom. The topological polar surface area (TPSA) is 209 Å². The molecule has 10 atom stereocenters. The first-order valence-corrected chi connectivity index (χ1v) is 20.7. The number of esters is 5. The van der Waals surface area contributed by atoms with Gasteiger partial charge in [-0.05, 0) is 22.3 Å². The maximum Gasteiger partial charge on any atom is 0.339 e. The second-order valence-corrected chi connectivity index (χ2v) is 20.1. The van der Waals surface area contributed by atoms with Crippen LogP contribution in [-0.2, 0) is 66.3 Å². The lowest BCUT2D eigenvalue weighted by Crippen LogP contribution is -2.69. The van der Waals surface area contributed by atoms with Crippen molar-refractivity contribution in [3.05, 3.63) is 72.5 Å². The lowest BCUT2D eigenvalue weighted by molar-refractivity contribution is -0.353. The van der Waals surface area contributed by atoms with Crippen molar-refractivity contribution in [2.45, 2.75) is 121 Å². The van der Waals surface area contributed by atoms with E-state index in [1.165, 1.54) is 6.92 Å². The van der Waals surface area contributed by atoms with Crippen molar-refractivity contribution in [1.29, 1.82) is 0 Å². The number of ether oxygens (including phenoxy) is 8. The van der Waals surface area contributed by atoms with Gasteiger partial charge in [0.05, 0.1) is 25.9 Å². The fourth-order valence-electron chi connectivity index (χ4n) is 8.40. The van der Waals surface area contributed by atoms with Crippen molar-refractivity contribution in [2.75, 3.05) is 13.7 Å². The van der Waals surface area contributed by atoms with Crippen LogP contribution in [0.3, 0.4) is 0 Å². The Morgan fingerprint density at radius 3 is 1.74 bits per heavy atom. The van der Waals surface area contributed by atoms with Crippen LogP contribution < -0.4 is 10.4 Å². The Morgan fingerprint density at radius 2 is 1.26 bits per heavy atom. The fourth-order valence-corrected chi connectivity index (χ4v) is 13.0. The van der Waals surface area contributed by atoms with Crippen molar-refractivity contribution in [2.24, 2.45) is 5.92 Å². The van der Waals surface area contributed by atoms with E-state index >= 15 is 0 Å². The lowest BCUT2D eigenvalue weighted by atomic mass is 9.77. The maximum atomic E-state index is 12.9. The summed E-state index contributed by atoms with van der Waals surface area (Å²) in [5.74, 6) is -5.80. The molecule has 2 N–H and O–H groups in total. The molecule has 2 aromatic rings. The van der Waals surface area contributed by atoms with Gasteiger partial charge in [0.15, 0.2) is 18.3 Å². The minimum Gasteiger partial charge on any atom is -0.471 e. The predicted octanol–water partition coefficient (Wildman–Crippen LogP) is 1.95. The minimum atomic E-state index is -3.29. The third-order valence-electron chi connectivity index (χ3n) is 10.7. The van der Waals surface area contributed by atoms with Gasteiger partial charge in [-0.3, -0.25) is 19.2 Å². The van der Waals surface area contributed by atoms with Crippen molar-refractivity contribution < 1.29 is 76.5 Å². The van der Waals surface area contributed by atoms with Crippen LogP contribution in [0.25, 0.3) is 0 Å². The van der Waals surface area contributed by atoms with Gasteiger partial charge in [-0.2, -0.15) is 0 Å². The van der Waals surface area contributed by atoms with Gasteiger partial charge in [-0.25, -0.2) is 4.79 Å². The highest BCUT2D eigenvalue weighted by Crippen LogP contribution is 2.53. The van der Waals surface area contributed by atoms with Crippen LogP contribution in [0, 0.1) is 5.92 Å². The van der Waals surface area contributed by atoms with Crippen LogP contribution in [-0.4, -0.2) is 116 Å². The Bertz CT molecular complexity index is 1820. The van der Waals surface area contributed by atoms with E-state index in [0.29, 0.717) is 0 Å². The summed E-state index contributed by atoms with van der Waals surface area (Å²) in [4.78, 5) is 63.2. The number of aliphatic hydroxyl groups is 2. The molecule has 58 heavy (non-hydrogen) atoms. The fraction of sp³-hybridized carbons (Fsp3) is 0.537. The standard InChI is InChI=1S/C41H52O16Si/c1-23(42)52-31-20-41(48)29(36(46)49-9)21-50-38(35(41)40(31,8)47)57-37-34(55-26(4)45)33(54-25(3)44)32(53-24(2)43)30(56-37)22-51-58(39(5,6)7,27-16-12-10-13-17-27)28-18-14-11-15-19-28/h10-19,21,30-35,37-38,47-48H,20,22H2,1-9H3/t30-,31-,32-,33+,34-,35+,37+,38-,40-,41-/m0/s1. The maximum absolute atomic E-state index is 12.9. The average molecular weight is 829 g/mol. The quantitative estimate of drug-likeness (QED) is 0.178. The number of methoxy groups -OCH3 is 1. The van der Waals surface area contributed by atoms with Gasteiger partial charge < -0.3 is 52.5 Å². The van der Waals surface area contributed by atoms with Crippen LogP contribution in [0.5, 0.6) is 0 Å². The zero-order valence-corrected chi connectivity index (χ0v) is 35.0. The summed E-state index contributed by atoms with van der Waals surface area (Å²) in [6, 6.07) is 19.4.